The lowest BCUT2D eigenvalue weighted by atomic mass is 10.1. The number of anilines is 1. The molecule has 0 aliphatic heterocycles. The molecule has 0 unspecified atom stereocenters. The monoisotopic (exact) mass is 440 g/mol. The van der Waals surface area contributed by atoms with Gasteiger partial charge in [-0.25, -0.2) is 4.98 Å². The van der Waals surface area contributed by atoms with Gasteiger partial charge in [-0.1, -0.05) is 43.7 Å². The summed E-state index contributed by atoms with van der Waals surface area (Å²) >= 11 is 0. The highest BCUT2D eigenvalue weighted by Gasteiger charge is 2.22. The quantitative estimate of drug-likeness (QED) is 0.418. The highest BCUT2D eigenvalue weighted by atomic mass is 16.2. The van der Waals surface area contributed by atoms with Crippen molar-refractivity contribution in [2.24, 2.45) is 5.92 Å². The number of nitrogens with one attached hydrogen (secondary N) is 3. The number of hydrogen-bond donors (Lipinski definition) is 3. The van der Waals surface area contributed by atoms with E-state index >= 15 is 0 Å². The number of fused-ring (bicyclic) bond motifs is 1. The van der Waals surface area contributed by atoms with Gasteiger partial charge in [-0.05, 0) is 62.2 Å². The lowest BCUT2D eigenvalue weighted by molar-refractivity contribution is -0.119. The number of amides is 2. The summed E-state index contributed by atoms with van der Waals surface area (Å²) in [5.41, 5.74) is 4.34. The molecule has 0 atom stereocenters. The Balaban J connectivity index is 1.43. The number of imidazole rings is 1. The summed E-state index contributed by atoms with van der Waals surface area (Å²) in [6.07, 6.45) is 9.73. The molecule has 3 aromatic rings. The highest BCUT2D eigenvalue weighted by molar-refractivity contribution is 5.96. The van der Waals surface area contributed by atoms with E-state index in [0.29, 0.717) is 17.1 Å². The molecule has 1 aliphatic carbocycles. The maximum Gasteiger partial charge on any atom is 0.255 e. The minimum Gasteiger partial charge on any atom is -0.338 e. The molecule has 1 saturated carbocycles. The molecule has 4 rings (SSSR count). The van der Waals surface area contributed by atoms with E-state index in [0.717, 1.165) is 48.0 Å². The van der Waals surface area contributed by atoms with E-state index in [9.17, 15) is 9.59 Å². The lowest BCUT2D eigenvalue weighted by Crippen LogP contribution is -2.21. The van der Waals surface area contributed by atoms with Gasteiger partial charge < -0.3 is 15.6 Å². The van der Waals surface area contributed by atoms with Crippen LogP contribution in [-0.4, -0.2) is 21.8 Å². The van der Waals surface area contributed by atoms with Crippen LogP contribution in [0, 0.1) is 5.92 Å². The van der Waals surface area contributed by atoms with Crippen molar-refractivity contribution in [1.82, 2.24) is 15.3 Å². The normalized spacial score (nSPS) is 14.6. The van der Waals surface area contributed by atoms with Gasteiger partial charge in [0.2, 0.25) is 5.91 Å². The van der Waals surface area contributed by atoms with E-state index in [2.05, 4.69) is 27.2 Å². The molecule has 6 nitrogen and oxygen atoms in total. The first-order valence-corrected chi connectivity index (χ1v) is 11.2. The zero-order valence-corrected chi connectivity index (χ0v) is 18.7. The van der Waals surface area contributed by atoms with E-state index in [-0.39, 0.29) is 17.7 Å². The summed E-state index contributed by atoms with van der Waals surface area (Å²) in [5.74, 6) is 0.710. The Labute approximate surface area is 193 Å². The van der Waals surface area contributed by atoms with Crippen molar-refractivity contribution >= 4 is 34.1 Å². The molecular weight excluding hydrogens is 412 g/mol. The van der Waals surface area contributed by atoms with Crippen LogP contribution in [0.1, 0.15) is 48.8 Å². The van der Waals surface area contributed by atoms with Crippen LogP contribution in [0.2, 0.25) is 0 Å². The van der Waals surface area contributed by atoms with Crippen molar-refractivity contribution in [2.45, 2.75) is 32.6 Å². The number of nitrogens with zero attached hydrogens (tertiary/aromatic N) is 1. The SMILES string of the molecule is C=C(/C=C\C(=C/C)c1nc2ccc(NC(=O)C3CCCC3)cc2[nH]1)NC(=O)c1ccccc1. The first kappa shape index (κ1) is 22.3. The van der Waals surface area contributed by atoms with Crippen molar-refractivity contribution in [3.8, 4) is 0 Å². The average Bonchev–Trinajstić information content (AvgIpc) is 3.50. The Morgan fingerprint density at radius 1 is 1.09 bits per heavy atom. The molecular formula is C27H28N4O2. The van der Waals surface area contributed by atoms with E-state index in [4.69, 9.17) is 0 Å². The average molecular weight is 441 g/mol. The van der Waals surface area contributed by atoms with Crippen LogP contribution in [-0.2, 0) is 4.79 Å². The third-order valence-electron chi connectivity index (χ3n) is 5.83. The molecule has 0 bridgehead atoms. The van der Waals surface area contributed by atoms with Gasteiger partial charge in [0.25, 0.3) is 5.91 Å². The summed E-state index contributed by atoms with van der Waals surface area (Å²) in [7, 11) is 0. The van der Waals surface area contributed by atoms with Gasteiger partial charge in [0.1, 0.15) is 5.82 Å². The molecule has 2 amide bonds. The molecule has 0 spiro atoms. The van der Waals surface area contributed by atoms with Gasteiger partial charge in [0.15, 0.2) is 0 Å². The van der Waals surface area contributed by atoms with Crippen LogP contribution < -0.4 is 10.6 Å². The van der Waals surface area contributed by atoms with Gasteiger partial charge in [0.05, 0.1) is 11.0 Å². The van der Waals surface area contributed by atoms with E-state index in [1.165, 1.54) is 0 Å². The third kappa shape index (κ3) is 5.47. The first-order chi connectivity index (χ1) is 16.0. The fraction of sp³-hybridized carbons (Fsp3) is 0.222. The number of carbonyl (C=O) groups is 2. The maximum absolute atomic E-state index is 12.4. The predicted molar refractivity (Wildman–Crippen MR) is 133 cm³/mol. The van der Waals surface area contributed by atoms with Crippen molar-refractivity contribution in [3.63, 3.8) is 0 Å². The second-order valence-corrected chi connectivity index (χ2v) is 8.21. The lowest BCUT2D eigenvalue weighted by Gasteiger charge is -2.10. The van der Waals surface area contributed by atoms with Crippen LogP contribution in [0.4, 0.5) is 5.69 Å². The van der Waals surface area contributed by atoms with Crippen LogP contribution in [0.25, 0.3) is 16.6 Å². The fourth-order valence-corrected chi connectivity index (χ4v) is 4.01. The second-order valence-electron chi connectivity index (χ2n) is 8.21. The number of allylic oxidation sites excluding steroid dienone is 4. The van der Waals surface area contributed by atoms with Crippen molar-refractivity contribution in [1.29, 1.82) is 0 Å². The zero-order chi connectivity index (χ0) is 23.2. The van der Waals surface area contributed by atoms with Crippen LogP contribution >= 0.6 is 0 Å². The molecule has 0 saturated heterocycles. The summed E-state index contributed by atoms with van der Waals surface area (Å²) < 4.78 is 0. The number of H-pyrrole nitrogens is 1. The van der Waals surface area contributed by atoms with Gasteiger partial charge in [-0.2, -0.15) is 0 Å². The Kier molecular flexibility index (Phi) is 6.83. The minimum absolute atomic E-state index is 0.0970. The van der Waals surface area contributed by atoms with Gasteiger partial charge in [-0.3, -0.25) is 9.59 Å². The largest absolute Gasteiger partial charge is 0.338 e. The predicted octanol–water partition coefficient (Wildman–Crippen LogP) is 5.59. The molecule has 1 heterocycles. The van der Waals surface area contributed by atoms with Crippen LogP contribution in [0.15, 0.2) is 79.0 Å². The number of hydrogen-bond acceptors (Lipinski definition) is 3. The molecule has 2 aromatic carbocycles. The van der Waals surface area contributed by atoms with E-state index < -0.39 is 0 Å². The number of aromatic nitrogens is 2. The van der Waals surface area contributed by atoms with Crippen LogP contribution in [0.3, 0.4) is 0 Å². The van der Waals surface area contributed by atoms with Gasteiger partial charge >= 0.3 is 0 Å². The topological polar surface area (TPSA) is 86.9 Å². The summed E-state index contributed by atoms with van der Waals surface area (Å²) in [4.78, 5) is 32.7. The standard InChI is InChI=1S/C27H28N4O2/c1-3-19(14-13-18(2)28-26(32)20-9-5-4-6-10-20)25-30-23-16-15-22(17-24(23)31-25)29-27(33)21-11-7-8-12-21/h3-6,9-10,13-17,21H,2,7-8,11-12H2,1H3,(H,28,32)(H,29,33)(H,30,31)/b14-13-,19-3+. The summed E-state index contributed by atoms with van der Waals surface area (Å²) in [6.45, 7) is 5.84. The number of carbonyl (C=O) groups excluding carboxylic acids is 2. The Morgan fingerprint density at radius 2 is 1.85 bits per heavy atom. The highest BCUT2D eigenvalue weighted by Crippen LogP contribution is 2.27. The fourth-order valence-electron chi connectivity index (χ4n) is 4.01. The van der Waals surface area contributed by atoms with Crippen molar-refractivity contribution in [3.05, 3.63) is 90.4 Å². The molecule has 3 N–H and O–H groups in total. The Bertz CT molecular complexity index is 1230. The smallest absolute Gasteiger partial charge is 0.255 e. The number of benzene rings is 2. The molecule has 168 valence electrons. The Hall–Kier alpha value is -3.93. The molecule has 1 fully saturated rings. The summed E-state index contributed by atoms with van der Waals surface area (Å²) in [5, 5.41) is 5.82. The molecule has 0 radical (unpaired) electrons. The zero-order valence-electron chi connectivity index (χ0n) is 18.7. The van der Waals surface area contributed by atoms with Crippen LogP contribution in [0.5, 0.6) is 0 Å². The first-order valence-electron chi connectivity index (χ1n) is 11.2. The number of aromatic amines is 1. The second kappa shape index (κ2) is 10.1. The minimum atomic E-state index is -0.205. The van der Waals surface area contributed by atoms with E-state index in [1.54, 1.807) is 18.2 Å². The van der Waals surface area contributed by atoms with Gasteiger partial charge in [-0.15, -0.1) is 0 Å². The molecule has 1 aliphatic rings. The molecule has 6 heteroatoms. The van der Waals surface area contributed by atoms with Crippen molar-refractivity contribution < 1.29 is 9.59 Å². The van der Waals surface area contributed by atoms with Crippen molar-refractivity contribution in [2.75, 3.05) is 5.32 Å². The molecule has 1 aromatic heterocycles. The van der Waals surface area contributed by atoms with E-state index in [1.807, 2.05) is 55.5 Å². The maximum atomic E-state index is 12.4. The third-order valence-corrected chi connectivity index (χ3v) is 5.83. The van der Waals surface area contributed by atoms with Gasteiger partial charge in [0, 0.05) is 28.4 Å². The molecule has 33 heavy (non-hydrogen) atoms. The summed E-state index contributed by atoms with van der Waals surface area (Å²) in [6, 6.07) is 14.7. The Morgan fingerprint density at radius 3 is 2.58 bits per heavy atom. The number of rotatable bonds is 7.